The highest BCUT2D eigenvalue weighted by Crippen LogP contribution is 2.28. The van der Waals surface area contributed by atoms with Gasteiger partial charge >= 0.3 is 0 Å². The number of benzene rings is 1. The second-order valence-corrected chi connectivity index (χ2v) is 6.79. The molecule has 3 aliphatic rings. The molecule has 0 amide bonds. The molecular weight excluding hydrogens is 290 g/mol. The van der Waals surface area contributed by atoms with E-state index in [0.29, 0.717) is 5.92 Å². The number of fused-ring (bicyclic) bond motifs is 3. The van der Waals surface area contributed by atoms with E-state index in [0.717, 1.165) is 31.0 Å². The first-order valence-electron chi connectivity index (χ1n) is 8.51. The SMILES string of the molecule is COc1ccc(CC[NH2+][C@@]2(C#N)C[NH+]3CCC2CC3)cc1OC. The van der Waals surface area contributed by atoms with Gasteiger partial charge in [0.2, 0.25) is 5.54 Å². The van der Waals surface area contributed by atoms with E-state index < -0.39 is 0 Å². The summed E-state index contributed by atoms with van der Waals surface area (Å²) in [4.78, 5) is 1.61. The van der Waals surface area contributed by atoms with Crippen LogP contribution in [-0.4, -0.2) is 45.9 Å². The molecule has 0 unspecified atom stereocenters. The highest BCUT2D eigenvalue weighted by molar-refractivity contribution is 5.42. The lowest BCUT2D eigenvalue weighted by molar-refractivity contribution is -0.950. The van der Waals surface area contributed by atoms with Gasteiger partial charge in [-0.05, 0) is 17.7 Å². The van der Waals surface area contributed by atoms with Crippen LogP contribution < -0.4 is 19.7 Å². The summed E-state index contributed by atoms with van der Waals surface area (Å²) in [7, 11) is 3.31. The zero-order valence-electron chi connectivity index (χ0n) is 14.1. The Morgan fingerprint density at radius 1 is 1.26 bits per heavy atom. The molecule has 124 valence electrons. The van der Waals surface area contributed by atoms with Crippen molar-refractivity contribution in [1.82, 2.24) is 0 Å². The fraction of sp³-hybridized carbons (Fsp3) is 0.611. The third kappa shape index (κ3) is 3.15. The quantitative estimate of drug-likeness (QED) is 0.735. The van der Waals surface area contributed by atoms with Crippen LogP contribution in [0.1, 0.15) is 18.4 Å². The second kappa shape index (κ2) is 6.77. The maximum atomic E-state index is 9.78. The summed E-state index contributed by atoms with van der Waals surface area (Å²) < 4.78 is 10.6. The molecule has 1 aromatic rings. The molecule has 3 saturated heterocycles. The zero-order chi connectivity index (χ0) is 16.3. The van der Waals surface area contributed by atoms with Crippen molar-refractivity contribution in [3.63, 3.8) is 0 Å². The normalized spacial score (nSPS) is 29.1. The summed E-state index contributed by atoms with van der Waals surface area (Å²) in [5, 5.41) is 12.1. The van der Waals surface area contributed by atoms with Crippen LogP contribution in [0.2, 0.25) is 0 Å². The van der Waals surface area contributed by atoms with Crippen molar-refractivity contribution in [2.45, 2.75) is 24.8 Å². The van der Waals surface area contributed by atoms with E-state index in [1.165, 1.54) is 31.5 Å². The van der Waals surface area contributed by atoms with Gasteiger partial charge in [0.15, 0.2) is 11.5 Å². The average Bonchev–Trinajstić information content (AvgIpc) is 2.62. The monoisotopic (exact) mass is 317 g/mol. The zero-order valence-corrected chi connectivity index (χ0v) is 14.1. The van der Waals surface area contributed by atoms with Crippen molar-refractivity contribution < 1.29 is 19.7 Å². The number of nitrogens with one attached hydrogen (secondary N) is 1. The van der Waals surface area contributed by atoms with Crippen LogP contribution in [0.25, 0.3) is 0 Å². The average molecular weight is 317 g/mol. The predicted octanol–water partition coefficient (Wildman–Crippen LogP) is -0.619. The standard InChI is InChI=1S/C18H25N3O2/c1-22-16-4-3-14(11-17(16)23-2)5-8-20-18(12-19)13-21-9-6-15(18)7-10-21/h3-4,11,15,20H,5-10,13H2,1-2H3/p+2/t18-/m0/s1. The highest BCUT2D eigenvalue weighted by Gasteiger charge is 2.53. The van der Waals surface area contributed by atoms with Crippen molar-refractivity contribution in [3.05, 3.63) is 23.8 Å². The molecule has 3 heterocycles. The number of nitrogens with two attached hydrogens (primary N) is 1. The molecule has 0 radical (unpaired) electrons. The first-order valence-corrected chi connectivity index (χ1v) is 8.51. The van der Waals surface area contributed by atoms with Crippen LogP contribution >= 0.6 is 0 Å². The Kier molecular flexibility index (Phi) is 4.74. The molecule has 1 atom stereocenters. The Balaban J connectivity index is 1.62. The lowest BCUT2D eigenvalue weighted by Gasteiger charge is -2.44. The Morgan fingerprint density at radius 2 is 2.00 bits per heavy atom. The molecule has 1 aromatic carbocycles. The Labute approximate surface area is 138 Å². The van der Waals surface area contributed by atoms with Crippen LogP contribution in [0.3, 0.4) is 0 Å². The largest absolute Gasteiger partial charge is 0.493 e. The molecule has 5 heteroatoms. The molecule has 23 heavy (non-hydrogen) atoms. The molecule has 4 rings (SSSR count). The summed E-state index contributed by atoms with van der Waals surface area (Å²) in [6.07, 6.45) is 3.34. The smallest absolute Gasteiger partial charge is 0.235 e. The molecule has 3 fully saturated rings. The third-order valence-electron chi connectivity index (χ3n) is 5.56. The number of hydrogen-bond acceptors (Lipinski definition) is 3. The highest BCUT2D eigenvalue weighted by atomic mass is 16.5. The Hall–Kier alpha value is -1.77. The van der Waals surface area contributed by atoms with Crippen LogP contribution in [0.4, 0.5) is 0 Å². The maximum absolute atomic E-state index is 9.78. The minimum Gasteiger partial charge on any atom is -0.493 e. The minimum atomic E-state index is -0.206. The third-order valence-corrected chi connectivity index (χ3v) is 5.56. The molecule has 0 saturated carbocycles. The molecule has 5 nitrogen and oxygen atoms in total. The van der Waals surface area contributed by atoms with Crippen molar-refractivity contribution in [2.24, 2.45) is 5.92 Å². The van der Waals surface area contributed by atoms with Gasteiger partial charge in [0.25, 0.3) is 0 Å². The van der Waals surface area contributed by atoms with Crippen LogP contribution in [0, 0.1) is 17.2 Å². The summed E-state index contributed by atoms with van der Waals surface area (Å²) >= 11 is 0. The van der Waals surface area contributed by atoms with Gasteiger partial charge in [0.1, 0.15) is 12.6 Å². The van der Waals surface area contributed by atoms with Crippen molar-refractivity contribution in [1.29, 1.82) is 5.26 Å². The van der Waals surface area contributed by atoms with E-state index >= 15 is 0 Å². The first kappa shape index (κ1) is 16.1. The number of quaternary nitrogens is 2. The minimum absolute atomic E-state index is 0.206. The fourth-order valence-electron chi connectivity index (χ4n) is 4.22. The molecule has 0 aromatic heterocycles. The molecular formula is C18H27N3O2+2. The van der Waals surface area contributed by atoms with Gasteiger partial charge in [-0.1, -0.05) is 6.07 Å². The van der Waals surface area contributed by atoms with Gasteiger partial charge in [0, 0.05) is 25.2 Å². The predicted molar refractivity (Wildman–Crippen MR) is 86.7 cm³/mol. The van der Waals surface area contributed by atoms with Crippen molar-refractivity contribution in [3.8, 4) is 17.6 Å². The van der Waals surface area contributed by atoms with E-state index in [2.05, 4.69) is 17.5 Å². The maximum Gasteiger partial charge on any atom is 0.235 e. The van der Waals surface area contributed by atoms with Crippen LogP contribution in [0.15, 0.2) is 18.2 Å². The van der Waals surface area contributed by atoms with Crippen molar-refractivity contribution >= 4 is 0 Å². The lowest BCUT2D eigenvalue weighted by atomic mass is 9.73. The van der Waals surface area contributed by atoms with E-state index in [-0.39, 0.29) is 5.54 Å². The molecule has 0 spiro atoms. The van der Waals surface area contributed by atoms with E-state index in [1.54, 1.807) is 19.1 Å². The topological polar surface area (TPSA) is 63.3 Å². The molecule has 3 N–H and O–H groups in total. The van der Waals surface area contributed by atoms with Crippen LogP contribution in [-0.2, 0) is 6.42 Å². The first-order chi connectivity index (χ1) is 11.2. The van der Waals surface area contributed by atoms with Crippen LogP contribution in [0.5, 0.6) is 11.5 Å². The summed E-state index contributed by atoms with van der Waals surface area (Å²) in [5.74, 6) is 2.09. The van der Waals surface area contributed by atoms with Gasteiger partial charge in [-0.25, -0.2) is 0 Å². The number of rotatable bonds is 6. The number of methoxy groups -OCH3 is 2. The molecule has 3 aliphatic heterocycles. The number of hydrogen-bond donors (Lipinski definition) is 2. The Bertz CT molecular complexity index is 590. The number of nitrogens with zero attached hydrogens (tertiary/aromatic N) is 1. The lowest BCUT2D eigenvalue weighted by Crippen LogP contribution is -3.23. The van der Waals surface area contributed by atoms with Gasteiger partial charge in [-0.15, -0.1) is 0 Å². The van der Waals surface area contributed by atoms with E-state index in [9.17, 15) is 5.26 Å². The summed E-state index contributed by atoms with van der Waals surface area (Å²) in [6.45, 7) is 4.43. The second-order valence-electron chi connectivity index (χ2n) is 6.79. The van der Waals surface area contributed by atoms with E-state index in [4.69, 9.17) is 9.47 Å². The van der Waals surface area contributed by atoms with Gasteiger partial charge < -0.3 is 19.7 Å². The fourth-order valence-corrected chi connectivity index (χ4v) is 4.22. The summed E-state index contributed by atoms with van der Waals surface area (Å²) in [5.41, 5.74) is 1.02. The number of piperidine rings is 3. The number of nitriles is 1. The Morgan fingerprint density at radius 3 is 2.57 bits per heavy atom. The number of ether oxygens (including phenoxy) is 2. The van der Waals surface area contributed by atoms with E-state index in [1.807, 2.05) is 12.1 Å². The van der Waals surface area contributed by atoms with Gasteiger partial charge in [0.05, 0.1) is 33.9 Å². The van der Waals surface area contributed by atoms with Gasteiger partial charge in [-0.3, -0.25) is 0 Å². The van der Waals surface area contributed by atoms with Crippen molar-refractivity contribution in [2.75, 3.05) is 40.4 Å². The molecule has 0 aliphatic carbocycles. The summed E-state index contributed by atoms with van der Waals surface area (Å²) in [6, 6.07) is 8.72. The molecule has 2 bridgehead atoms. The van der Waals surface area contributed by atoms with Gasteiger partial charge in [-0.2, -0.15) is 5.26 Å².